The van der Waals surface area contributed by atoms with Gasteiger partial charge in [-0.25, -0.2) is 0 Å². The van der Waals surface area contributed by atoms with Crippen LogP contribution in [0.3, 0.4) is 0 Å². The van der Waals surface area contributed by atoms with Crippen molar-refractivity contribution in [1.29, 1.82) is 0 Å². The Balaban J connectivity index is -0.0000000755. The number of aliphatic hydroxyl groups is 1. The first-order valence-corrected chi connectivity index (χ1v) is 5.03. The van der Waals surface area contributed by atoms with E-state index in [0.717, 1.165) is 0 Å². The van der Waals surface area contributed by atoms with Gasteiger partial charge < -0.3 is 17.3 Å². The molecule has 17 heavy (non-hydrogen) atoms. The smallest absolute Gasteiger partial charge is 0.126 e. The van der Waals surface area contributed by atoms with E-state index < -0.39 is 0 Å². The van der Waals surface area contributed by atoms with Crippen LogP contribution in [0.25, 0.3) is 0 Å². The average Bonchev–Trinajstić information content (AvgIpc) is 2.03. The Bertz CT molecular complexity index is 239. The van der Waals surface area contributed by atoms with Crippen molar-refractivity contribution in [1.82, 2.24) is 0 Å². The Morgan fingerprint density at radius 1 is 1.12 bits per heavy atom. The molecule has 0 saturated heterocycles. The molecule has 3 heteroatoms. The Morgan fingerprint density at radius 2 is 1.35 bits per heavy atom. The fourth-order valence-corrected chi connectivity index (χ4v) is 0.534. The molecule has 1 N–H and O–H groups in total. The van der Waals surface area contributed by atoms with Crippen LogP contribution < -0.4 is 0 Å². The van der Waals surface area contributed by atoms with E-state index in [4.69, 9.17) is 5.11 Å². The number of rotatable bonds is 0. The van der Waals surface area contributed by atoms with Gasteiger partial charge in [-0.1, -0.05) is 35.9 Å². The van der Waals surface area contributed by atoms with Crippen LogP contribution in [-0.2, 0) is 37.5 Å². The van der Waals surface area contributed by atoms with Crippen LogP contribution >= 0.6 is 0 Å². The maximum atomic E-state index is 9.44. The summed E-state index contributed by atoms with van der Waals surface area (Å²) in [5.74, 6) is 0.167. The van der Waals surface area contributed by atoms with Gasteiger partial charge in [0.25, 0.3) is 0 Å². The topological polar surface area (TPSA) is 37.3 Å². The molecule has 0 aliphatic carbocycles. The van der Waals surface area contributed by atoms with Crippen molar-refractivity contribution in [2.45, 2.75) is 40.7 Å². The summed E-state index contributed by atoms with van der Waals surface area (Å²) in [6, 6.07) is 10.3. The number of benzene rings is 1. The van der Waals surface area contributed by atoms with E-state index in [-0.39, 0.29) is 52.0 Å². The standard InChI is InChI=1S/C7H8.C3H8O.C3H6O.CH3.Y/c1-7-5-3-2-4-6-7;2*1-3(2)4;;/h2-6H,1H3;3-4H,1-2H3;1-2H3;1H3;/q;;;-1;. The number of aryl methyl sites for hydroxylation is 1. The van der Waals surface area contributed by atoms with E-state index in [1.54, 1.807) is 13.8 Å². The van der Waals surface area contributed by atoms with Crippen molar-refractivity contribution < 1.29 is 42.6 Å². The summed E-state index contributed by atoms with van der Waals surface area (Å²) >= 11 is 0. The fraction of sp³-hybridized carbons (Fsp3) is 0.429. The molecule has 0 aromatic heterocycles. The molecule has 0 bridgehead atoms. The molecule has 1 radical (unpaired) electrons. The van der Waals surface area contributed by atoms with Gasteiger partial charge in [0.15, 0.2) is 0 Å². The zero-order chi connectivity index (χ0) is 12.3. The minimum absolute atomic E-state index is 0. The van der Waals surface area contributed by atoms with Crippen LogP contribution in [-0.4, -0.2) is 17.0 Å². The third-order valence-corrected chi connectivity index (χ3v) is 0.940. The predicted octanol–water partition coefficient (Wildman–Crippen LogP) is 3.43. The molecule has 0 aliphatic rings. The second-order valence-corrected chi connectivity index (χ2v) is 3.66. The second-order valence-electron chi connectivity index (χ2n) is 3.66. The molecule has 0 aliphatic heterocycles. The molecule has 97 valence electrons. The summed E-state index contributed by atoms with van der Waals surface area (Å²) in [6.45, 7) is 8.58. The molecule has 0 heterocycles. The van der Waals surface area contributed by atoms with Gasteiger partial charge in [-0.15, -0.1) is 0 Å². The van der Waals surface area contributed by atoms with Crippen molar-refractivity contribution in [2.75, 3.05) is 0 Å². The van der Waals surface area contributed by atoms with Crippen molar-refractivity contribution in [3.05, 3.63) is 43.3 Å². The maximum Gasteiger partial charge on any atom is 0.126 e. The van der Waals surface area contributed by atoms with Gasteiger partial charge >= 0.3 is 0 Å². The number of Topliss-reactive ketones (excluding diaryl/α,β-unsaturated/α-hetero) is 1. The zero-order valence-electron chi connectivity index (χ0n) is 11.9. The van der Waals surface area contributed by atoms with E-state index in [0.29, 0.717) is 0 Å². The third kappa shape index (κ3) is 49.1. The first-order valence-electron chi connectivity index (χ1n) is 5.03. The van der Waals surface area contributed by atoms with E-state index >= 15 is 0 Å². The quantitative estimate of drug-likeness (QED) is 0.745. The van der Waals surface area contributed by atoms with Gasteiger partial charge in [0.2, 0.25) is 0 Å². The molecular formula is C14H25O2Y-. The Kier molecular flexibility index (Phi) is 27.7. The monoisotopic (exact) mass is 314 g/mol. The third-order valence-electron chi connectivity index (χ3n) is 0.940. The molecule has 0 saturated carbocycles. The predicted molar refractivity (Wildman–Crippen MR) is 71.3 cm³/mol. The Morgan fingerprint density at radius 3 is 1.47 bits per heavy atom. The summed E-state index contributed by atoms with van der Waals surface area (Å²) in [5.41, 5.74) is 1.32. The van der Waals surface area contributed by atoms with Crippen LogP contribution in [0.4, 0.5) is 0 Å². The van der Waals surface area contributed by atoms with E-state index in [1.165, 1.54) is 19.4 Å². The Hall–Kier alpha value is -0.0461. The summed E-state index contributed by atoms with van der Waals surface area (Å²) in [7, 11) is 0. The molecule has 1 aromatic carbocycles. The number of carbonyl (C=O) groups is 1. The summed E-state index contributed by atoms with van der Waals surface area (Å²) in [4.78, 5) is 9.44. The summed E-state index contributed by atoms with van der Waals surface area (Å²) < 4.78 is 0. The summed E-state index contributed by atoms with van der Waals surface area (Å²) in [6.07, 6.45) is -0.167. The molecular weight excluding hydrogens is 289 g/mol. The molecule has 0 unspecified atom stereocenters. The van der Waals surface area contributed by atoms with Crippen LogP contribution in [0.2, 0.25) is 0 Å². The van der Waals surface area contributed by atoms with Crippen LogP contribution in [0, 0.1) is 14.4 Å². The molecule has 0 fully saturated rings. The first-order chi connectivity index (χ1) is 6.86. The molecule has 1 rings (SSSR count). The minimum atomic E-state index is -0.167. The molecule has 0 amide bonds. The van der Waals surface area contributed by atoms with Crippen LogP contribution in [0.15, 0.2) is 30.3 Å². The number of ketones is 1. The normalized spacial score (nSPS) is 7.24. The summed E-state index contributed by atoms with van der Waals surface area (Å²) in [5, 5.41) is 8.06. The van der Waals surface area contributed by atoms with Crippen LogP contribution in [0.5, 0.6) is 0 Å². The fourth-order valence-electron chi connectivity index (χ4n) is 0.534. The number of carbonyl (C=O) groups excluding carboxylic acids is 1. The van der Waals surface area contributed by atoms with E-state index in [9.17, 15) is 4.79 Å². The van der Waals surface area contributed by atoms with Crippen molar-refractivity contribution in [3.63, 3.8) is 0 Å². The first kappa shape index (κ1) is 25.7. The SMILES string of the molecule is CC(C)=O.CC(C)O.Cc1ccccc1.[CH3-].[Y]. The van der Waals surface area contributed by atoms with E-state index in [1.807, 2.05) is 18.2 Å². The molecule has 0 spiro atoms. The van der Waals surface area contributed by atoms with E-state index in [2.05, 4.69) is 19.1 Å². The average molecular weight is 314 g/mol. The molecule has 0 atom stereocenters. The number of hydrogen-bond acceptors (Lipinski definition) is 2. The van der Waals surface area contributed by atoms with Crippen molar-refractivity contribution in [2.24, 2.45) is 0 Å². The maximum absolute atomic E-state index is 9.44. The molecule has 2 nitrogen and oxygen atoms in total. The Labute approximate surface area is 132 Å². The van der Waals surface area contributed by atoms with Gasteiger partial charge in [-0.2, -0.15) is 0 Å². The minimum Gasteiger partial charge on any atom is -0.394 e. The van der Waals surface area contributed by atoms with Crippen molar-refractivity contribution in [3.8, 4) is 0 Å². The largest absolute Gasteiger partial charge is 0.394 e. The van der Waals surface area contributed by atoms with Gasteiger partial charge in [0, 0.05) is 38.8 Å². The molecule has 1 aromatic rings. The number of hydrogen-bond donors (Lipinski definition) is 1. The number of aliphatic hydroxyl groups excluding tert-OH is 1. The second kappa shape index (κ2) is 18.3. The van der Waals surface area contributed by atoms with Gasteiger partial charge in [0.05, 0.1) is 0 Å². The van der Waals surface area contributed by atoms with Gasteiger partial charge in [-0.05, 0) is 34.6 Å². The van der Waals surface area contributed by atoms with Crippen molar-refractivity contribution >= 4 is 5.78 Å². The zero-order valence-corrected chi connectivity index (χ0v) is 14.7. The van der Waals surface area contributed by atoms with Crippen LogP contribution in [0.1, 0.15) is 33.3 Å². The van der Waals surface area contributed by atoms with Gasteiger partial charge in [-0.3, -0.25) is 0 Å². The van der Waals surface area contributed by atoms with Gasteiger partial charge in [0.1, 0.15) is 5.78 Å².